The first-order valence-electron chi connectivity index (χ1n) is 3.73. The Hall–Kier alpha value is -1.18. The number of rotatable bonds is 1. The average molecular weight is 148 g/mol. The Bertz CT molecular complexity index is 257. The molecule has 2 heteroatoms. The molecule has 0 aromatic carbocycles. The summed E-state index contributed by atoms with van der Waals surface area (Å²) in [7, 11) is 1.73. The van der Waals surface area contributed by atoms with Crippen molar-refractivity contribution in [1.29, 1.82) is 5.41 Å². The van der Waals surface area contributed by atoms with Gasteiger partial charge in [0.2, 0.25) is 0 Å². The molecule has 0 fully saturated rings. The second-order valence-electron chi connectivity index (χ2n) is 2.39. The fourth-order valence-electron chi connectivity index (χ4n) is 1.14. The van der Waals surface area contributed by atoms with E-state index in [4.69, 9.17) is 5.41 Å². The van der Waals surface area contributed by atoms with E-state index in [1.54, 1.807) is 13.1 Å². The minimum atomic E-state index is 0.520. The average Bonchev–Trinajstić information content (AvgIpc) is 2.04. The SMILES string of the molecule is CCC1=CC=CC(=N)/C1=N\C. The van der Waals surface area contributed by atoms with Gasteiger partial charge in [0.05, 0.1) is 11.4 Å². The fourth-order valence-corrected chi connectivity index (χ4v) is 1.14. The van der Waals surface area contributed by atoms with E-state index < -0.39 is 0 Å². The molecule has 0 aromatic rings. The van der Waals surface area contributed by atoms with E-state index in [1.165, 1.54) is 0 Å². The van der Waals surface area contributed by atoms with Crippen LogP contribution in [-0.2, 0) is 0 Å². The molecule has 0 unspecified atom stereocenters. The topological polar surface area (TPSA) is 36.2 Å². The molecule has 1 aliphatic carbocycles. The summed E-state index contributed by atoms with van der Waals surface area (Å²) >= 11 is 0. The van der Waals surface area contributed by atoms with Gasteiger partial charge >= 0.3 is 0 Å². The Morgan fingerprint density at radius 1 is 1.55 bits per heavy atom. The maximum Gasteiger partial charge on any atom is 0.0851 e. The van der Waals surface area contributed by atoms with Crippen LogP contribution in [0, 0.1) is 5.41 Å². The molecule has 2 nitrogen and oxygen atoms in total. The molecule has 0 atom stereocenters. The molecule has 0 aromatic heterocycles. The number of nitrogens with zero attached hydrogens (tertiary/aromatic N) is 1. The largest absolute Gasteiger partial charge is 0.299 e. The summed E-state index contributed by atoms with van der Waals surface area (Å²) in [5.74, 6) is 0. The third-order valence-corrected chi connectivity index (χ3v) is 1.72. The summed E-state index contributed by atoms with van der Waals surface area (Å²) in [4.78, 5) is 4.05. The monoisotopic (exact) mass is 148 g/mol. The van der Waals surface area contributed by atoms with Crippen LogP contribution < -0.4 is 0 Å². The molecule has 1 rings (SSSR count). The Morgan fingerprint density at radius 3 is 2.73 bits per heavy atom. The van der Waals surface area contributed by atoms with Crippen molar-refractivity contribution in [2.24, 2.45) is 4.99 Å². The van der Waals surface area contributed by atoms with E-state index in [-0.39, 0.29) is 0 Å². The minimum Gasteiger partial charge on any atom is -0.299 e. The Kier molecular flexibility index (Phi) is 2.36. The molecule has 0 spiro atoms. The van der Waals surface area contributed by atoms with Gasteiger partial charge in [-0.3, -0.25) is 10.4 Å². The van der Waals surface area contributed by atoms with Gasteiger partial charge in [0.15, 0.2) is 0 Å². The molecular weight excluding hydrogens is 136 g/mol. The maximum atomic E-state index is 7.52. The number of hydrogen-bond acceptors (Lipinski definition) is 2. The van der Waals surface area contributed by atoms with Gasteiger partial charge < -0.3 is 0 Å². The zero-order chi connectivity index (χ0) is 8.27. The Labute approximate surface area is 66.9 Å². The van der Waals surface area contributed by atoms with Gasteiger partial charge in [-0.1, -0.05) is 19.1 Å². The molecule has 0 radical (unpaired) electrons. The number of nitrogens with one attached hydrogen (secondary N) is 1. The highest BCUT2D eigenvalue weighted by atomic mass is 14.7. The van der Waals surface area contributed by atoms with Crippen LogP contribution in [0.3, 0.4) is 0 Å². The first kappa shape index (κ1) is 7.92. The van der Waals surface area contributed by atoms with E-state index >= 15 is 0 Å². The van der Waals surface area contributed by atoms with Gasteiger partial charge in [-0.25, -0.2) is 0 Å². The quantitative estimate of drug-likeness (QED) is 0.552. The lowest BCUT2D eigenvalue weighted by Crippen LogP contribution is -2.15. The van der Waals surface area contributed by atoms with Gasteiger partial charge in [-0.15, -0.1) is 0 Å². The van der Waals surface area contributed by atoms with Crippen LogP contribution in [-0.4, -0.2) is 18.5 Å². The van der Waals surface area contributed by atoms with Gasteiger partial charge in [0, 0.05) is 7.05 Å². The van der Waals surface area contributed by atoms with Gasteiger partial charge in [0.25, 0.3) is 0 Å². The molecule has 11 heavy (non-hydrogen) atoms. The first-order chi connectivity index (χ1) is 5.29. The van der Waals surface area contributed by atoms with Crippen molar-refractivity contribution in [1.82, 2.24) is 0 Å². The van der Waals surface area contributed by atoms with Crippen molar-refractivity contribution in [2.45, 2.75) is 13.3 Å². The van der Waals surface area contributed by atoms with E-state index in [1.807, 2.05) is 12.2 Å². The van der Waals surface area contributed by atoms with Gasteiger partial charge in [0.1, 0.15) is 0 Å². The van der Waals surface area contributed by atoms with Crippen LogP contribution in [0.1, 0.15) is 13.3 Å². The smallest absolute Gasteiger partial charge is 0.0851 e. The van der Waals surface area contributed by atoms with Crippen molar-refractivity contribution in [3.05, 3.63) is 23.8 Å². The van der Waals surface area contributed by atoms with E-state index in [0.29, 0.717) is 5.71 Å². The summed E-state index contributed by atoms with van der Waals surface area (Å²) in [5.41, 5.74) is 2.50. The molecule has 1 N–H and O–H groups in total. The lowest BCUT2D eigenvalue weighted by molar-refractivity contribution is 1.16. The molecule has 1 aliphatic rings. The van der Waals surface area contributed by atoms with Crippen LogP contribution in [0.5, 0.6) is 0 Å². The Balaban J connectivity index is 3.00. The van der Waals surface area contributed by atoms with Crippen LogP contribution in [0.2, 0.25) is 0 Å². The summed E-state index contributed by atoms with van der Waals surface area (Å²) in [6, 6.07) is 0. The number of aliphatic imine (C=N–C) groups is 1. The van der Waals surface area contributed by atoms with Crippen LogP contribution in [0.4, 0.5) is 0 Å². The standard InChI is InChI=1S/C9H12N2/c1-3-7-5-4-6-8(10)9(7)11-2/h4-6,10H,3H2,1-2H3/b10-8?,11-9-. The minimum absolute atomic E-state index is 0.520. The third-order valence-electron chi connectivity index (χ3n) is 1.72. The summed E-state index contributed by atoms with van der Waals surface area (Å²) in [5, 5.41) is 7.52. The normalized spacial score (nSPS) is 20.7. The van der Waals surface area contributed by atoms with Crippen LogP contribution >= 0.6 is 0 Å². The molecule has 0 saturated heterocycles. The molecule has 0 heterocycles. The van der Waals surface area contributed by atoms with Crippen molar-refractivity contribution in [3.8, 4) is 0 Å². The lowest BCUT2D eigenvalue weighted by Gasteiger charge is -2.09. The zero-order valence-electron chi connectivity index (χ0n) is 6.89. The third kappa shape index (κ3) is 1.45. The van der Waals surface area contributed by atoms with E-state index in [2.05, 4.69) is 11.9 Å². The molecule has 0 saturated carbocycles. The molecule has 0 amide bonds. The van der Waals surface area contributed by atoms with Gasteiger partial charge in [-0.2, -0.15) is 0 Å². The van der Waals surface area contributed by atoms with Crippen LogP contribution in [0.25, 0.3) is 0 Å². The Morgan fingerprint density at radius 2 is 2.27 bits per heavy atom. The predicted molar refractivity (Wildman–Crippen MR) is 48.6 cm³/mol. The molecular formula is C9H12N2. The highest BCUT2D eigenvalue weighted by Gasteiger charge is 2.10. The van der Waals surface area contributed by atoms with Gasteiger partial charge in [-0.05, 0) is 18.1 Å². The van der Waals surface area contributed by atoms with E-state index in [9.17, 15) is 0 Å². The number of allylic oxidation sites excluding steroid dienone is 4. The van der Waals surface area contributed by atoms with Crippen molar-refractivity contribution >= 4 is 11.4 Å². The second-order valence-corrected chi connectivity index (χ2v) is 2.39. The van der Waals surface area contributed by atoms with Crippen molar-refractivity contribution < 1.29 is 0 Å². The molecule has 0 bridgehead atoms. The van der Waals surface area contributed by atoms with Crippen molar-refractivity contribution in [2.75, 3.05) is 7.05 Å². The van der Waals surface area contributed by atoms with E-state index in [0.717, 1.165) is 17.7 Å². The van der Waals surface area contributed by atoms with Crippen LogP contribution in [0.15, 0.2) is 28.8 Å². The zero-order valence-corrected chi connectivity index (χ0v) is 6.89. The maximum absolute atomic E-state index is 7.52. The highest BCUT2D eigenvalue weighted by molar-refractivity contribution is 6.51. The summed E-state index contributed by atoms with van der Waals surface area (Å²) in [6.07, 6.45) is 6.62. The van der Waals surface area contributed by atoms with Crippen molar-refractivity contribution in [3.63, 3.8) is 0 Å². The highest BCUT2D eigenvalue weighted by Crippen LogP contribution is 2.10. The number of hydrogen-bond donors (Lipinski definition) is 1. The second kappa shape index (κ2) is 3.28. The molecule has 58 valence electrons. The predicted octanol–water partition coefficient (Wildman–Crippen LogP) is 1.98. The molecule has 0 aliphatic heterocycles. The lowest BCUT2D eigenvalue weighted by atomic mass is 9.99. The summed E-state index contributed by atoms with van der Waals surface area (Å²) < 4.78 is 0. The summed E-state index contributed by atoms with van der Waals surface area (Å²) in [6.45, 7) is 2.07. The first-order valence-corrected chi connectivity index (χ1v) is 3.73. The fraction of sp³-hybridized carbons (Fsp3) is 0.333.